The largest absolute Gasteiger partial charge is 0.481 e. The van der Waals surface area contributed by atoms with Crippen molar-refractivity contribution in [2.75, 3.05) is 18.7 Å². The molecule has 2 aromatic carbocycles. The molecule has 0 unspecified atom stereocenters. The summed E-state index contributed by atoms with van der Waals surface area (Å²) in [7, 11) is 0. The van der Waals surface area contributed by atoms with Gasteiger partial charge in [0.05, 0.1) is 11.3 Å². The van der Waals surface area contributed by atoms with Crippen LogP contribution in [0.2, 0.25) is 0 Å². The Kier molecular flexibility index (Phi) is 3.04. The molecule has 116 valence electrons. The van der Waals surface area contributed by atoms with Crippen LogP contribution in [-0.4, -0.2) is 25.3 Å². The molecule has 7 nitrogen and oxygen atoms in total. The van der Waals surface area contributed by atoms with Crippen LogP contribution in [-0.2, 0) is 4.79 Å². The minimum Gasteiger partial charge on any atom is -0.481 e. The molecule has 0 saturated carbocycles. The van der Waals surface area contributed by atoms with E-state index in [1.54, 1.807) is 36.4 Å². The summed E-state index contributed by atoms with van der Waals surface area (Å²) in [5.41, 5.74) is 0.894. The fourth-order valence-corrected chi connectivity index (χ4v) is 2.31. The van der Waals surface area contributed by atoms with Crippen molar-refractivity contribution in [3.05, 3.63) is 42.0 Å². The molecule has 0 spiro atoms. The number of benzene rings is 2. The number of rotatable bonds is 2. The molecule has 0 radical (unpaired) electrons. The van der Waals surface area contributed by atoms with Crippen molar-refractivity contribution in [1.82, 2.24) is 0 Å². The Morgan fingerprint density at radius 2 is 1.87 bits per heavy atom. The number of amides is 1. The first-order valence-electron chi connectivity index (χ1n) is 6.87. The van der Waals surface area contributed by atoms with E-state index in [4.69, 9.17) is 18.9 Å². The van der Waals surface area contributed by atoms with Crippen LogP contribution in [0.5, 0.6) is 23.0 Å². The fourth-order valence-electron chi connectivity index (χ4n) is 2.31. The summed E-state index contributed by atoms with van der Waals surface area (Å²) in [5, 5.41) is 2.67. The summed E-state index contributed by atoms with van der Waals surface area (Å²) < 4.78 is 21.0. The van der Waals surface area contributed by atoms with E-state index in [2.05, 4.69) is 5.32 Å². The predicted octanol–water partition coefficient (Wildman–Crippen LogP) is 1.97. The van der Waals surface area contributed by atoms with Gasteiger partial charge in [-0.2, -0.15) is 0 Å². The Balaban J connectivity index is 1.54. The molecule has 2 aliphatic rings. The number of hydrogen-bond donors (Lipinski definition) is 1. The Morgan fingerprint density at radius 3 is 2.78 bits per heavy atom. The van der Waals surface area contributed by atoms with Crippen LogP contribution < -0.4 is 24.3 Å². The Hall–Kier alpha value is -3.22. The normalized spacial score (nSPS) is 14.5. The Bertz CT molecular complexity index is 816. The Morgan fingerprint density at radius 1 is 1.00 bits per heavy atom. The summed E-state index contributed by atoms with van der Waals surface area (Å²) in [6.45, 7) is 0.0777. The van der Waals surface area contributed by atoms with Gasteiger partial charge in [0, 0.05) is 6.07 Å². The van der Waals surface area contributed by atoms with Gasteiger partial charge in [0.1, 0.15) is 11.5 Å². The van der Waals surface area contributed by atoms with Gasteiger partial charge in [-0.1, -0.05) is 0 Å². The maximum Gasteiger partial charge on any atom is 0.343 e. The number of hydrogen-bond acceptors (Lipinski definition) is 6. The first-order chi connectivity index (χ1) is 11.2. The van der Waals surface area contributed by atoms with E-state index in [0.29, 0.717) is 34.2 Å². The quantitative estimate of drug-likeness (QED) is 0.674. The Labute approximate surface area is 130 Å². The molecular formula is C16H11NO6. The lowest BCUT2D eigenvalue weighted by Crippen LogP contribution is -2.25. The van der Waals surface area contributed by atoms with Gasteiger partial charge in [0.25, 0.3) is 5.91 Å². The summed E-state index contributed by atoms with van der Waals surface area (Å²) in [6.07, 6.45) is 0. The van der Waals surface area contributed by atoms with Gasteiger partial charge in [-0.15, -0.1) is 0 Å². The molecule has 1 amide bonds. The van der Waals surface area contributed by atoms with Crippen molar-refractivity contribution in [2.45, 2.75) is 0 Å². The number of fused-ring (bicyclic) bond motifs is 2. The summed E-state index contributed by atoms with van der Waals surface area (Å²) in [6, 6.07) is 9.59. The maximum atomic E-state index is 12.2. The number of carbonyl (C=O) groups is 2. The average molecular weight is 313 g/mol. The predicted molar refractivity (Wildman–Crippen MR) is 78.1 cm³/mol. The highest BCUT2D eigenvalue weighted by Crippen LogP contribution is 2.34. The zero-order valence-corrected chi connectivity index (χ0v) is 11.8. The van der Waals surface area contributed by atoms with Crippen LogP contribution in [0.1, 0.15) is 10.4 Å². The van der Waals surface area contributed by atoms with Gasteiger partial charge < -0.3 is 24.3 Å². The fraction of sp³-hybridized carbons (Fsp3) is 0.125. The van der Waals surface area contributed by atoms with E-state index >= 15 is 0 Å². The maximum absolute atomic E-state index is 12.2. The molecule has 2 aliphatic heterocycles. The molecule has 1 N–H and O–H groups in total. The van der Waals surface area contributed by atoms with E-state index < -0.39 is 5.97 Å². The van der Waals surface area contributed by atoms with Crippen molar-refractivity contribution in [1.29, 1.82) is 0 Å². The van der Waals surface area contributed by atoms with Crippen molar-refractivity contribution in [3.63, 3.8) is 0 Å². The molecule has 0 atom stereocenters. The number of ether oxygens (including phenoxy) is 4. The molecule has 4 rings (SSSR count). The zero-order chi connectivity index (χ0) is 15.8. The minimum atomic E-state index is -0.525. The minimum absolute atomic E-state index is 0.0629. The monoisotopic (exact) mass is 313 g/mol. The molecular weight excluding hydrogens is 302 g/mol. The molecule has 0 saturated heterocycles. The van der Waals surface area contributed by atoms with Crippen LogP contribution in [0.15, 0.2) is 36.4 Å². The summed E-state index contributed by atoms with van der Waals surface area (Å²) >= 11 is 0. The van der Waals surface area contributed by atoms with Gasteiger partial charge in [0.2, 0.25) is 6.79 Å². The highest BCUT2D eigenvalue weighted by molar-refractivity contribution is 5.96. The van der Waals surface area contributed by atoms with Gasteiger partial charge in [-0.05, 0) is 30.3 Å². The molecule has 2 aromatic rings. The topological polar surface area (TPSA) is 83.1 Å². The van der Waals surface area contributed by atoms with Crippen LogP contribution in [0, 0.1) is 0 Å². The molecule has 0 bridgehead atoms. The third-order valence-corrected chi connectivity index (χ3v) is 3.40. The summed E-state index contributed by atoms with van der Waals surface area (Å²) in [4.78, 5) is 23.4. The highest BCUT2D eigenvalue weighted by Gasteiger charge is 2.19. The third kappa shape index (κ3) is 2.52. The van der Waals surface area contributed by atoms with Crippen LogP contribution >= 0.6 is 0 Å². The SMILES string of the molecule is O=C1COc2cc(OC(=O)c3ccc4c(c3)OCO4)ccc2N1. The van der Waals surface area contributed by atoms with Crippen LogP contribution in [0.25, 0.3) is 0 Å². The molecule has 0 fully saturated rings. The van der Waals surface area contributed by atoms with Gasteiger partial charge in [-0.25, -0.2) is 4.79 Å². The smallest absolute Gasteiger partial charge is 0.343 e. The molecule has 23 heavy (non-hydrogen) atoms. The second-order valence-corrected chi connectivity index (χ2v) is 4.95. The van der Waals surface area contributed by atoms with E-state index in [9.17, 15) is 9.59 Å². The lowest BCUT2D eigenvalue weighted by Gasteiger charge is -2.18. The molecule has 0 aromatic heterocycles. The van der Waals surface area contributed by atoms with Crippen LogP contribution in [0.4, 0.5) is 5.69 Å². The molecule has 0 aliphatic carbocycles. The van der Waals surface area contributed by atoms with E-state index in [1.165, 1.54) is 0 Å². The van der Waals surface area contributed by atoms with Crippen molar-refractivity contribution in [3.8, 4) is 23.0 Å². The first-order valence-corrected chi connectivity index (χ1v) is 6.87. The lowest BCUT2D eigenvalue weighted by atomic mass is 10.2. The average Bonchev–Trinajstić information content (AvgIpc) is 3.02. The third-order valence-electron chi connectivity index (χ3n) is 3.40. The van der Waals surface area contributed by atoms with Gasteiger partial charge in [-0.3, -0.25) is 4.79 Å². The number of anilines is 1. The van der Waals surface area contributed by atoms with E-state index in [1.807, 2.05) is 0 Å². The first kappa shape index (κ1) is 13.4. The van der Waals surface area contributed by atoms with Crippen molar-refractivity contribution >= 4 is 17.6 Å². The highest BCUT2D eigenvalue weighted by atomic mass is 16.7. The second-order valence-electron chi connectivity index (χ2n) is 4.95. The molecule has 7 heteroatoms. The standard InChI is InChI=1S/C16H11NO6/c18-15-7-20-13-6-10(2-3-11(13)17-15)23-16(19)9-1-4-12-14(5-9)22-8-21-12/h1-6H,7-8H2,(H,17,18). The van der Waals surface area contributed by atoms with Crippen molar-refractivity contribution in [2.24, 2.45) is 0 Å². The van der Waals surface area contributed by atoms with E-state index in [-0.39, 0.29) is 19.3 Å². The summed E-state index contributed by atoms with van der Waals surface area (Å²) in [5.74, 6) is 1.14. The van der Waals surface area contributed by atoms with E-state index in [0.717, 1.165) is 0 Å². The lowest BCUT2D eigenvalue weighted by molar-refractivity contribution is -0.118. The van der Waals surface area contributed by atoms with Crippen LogP contribution in [0.3, 0.4) is 0 Å². The van der Waals surface area contributed by atoms with Gasteiger partial charge >= 0.3 is 5.97 Å². The number of nitrogens with one attached hydrogen (secondary N) is 1. The number of carbonyl (C=O) groups excluding carboxylic acids is 2. The van der Waals surface area contributed by atoms with Gasteiger partial charge in [0.15, 0.2) is 18.1 Å². The molecule has 2 heterocycles. The van der Waals surface area contributed by atoms with Crippen molar-refractivity contribution < 1.29 is 28.5 Å². The number of esters is 1. The second kappa shape index (κ2) is 5.20. The zero-order valence-electron chi connectivity index (χ0n) is 11.8.